The van der Waals surface area contributed by atoms with Crippen LogP contribution in [0.15, 0.2) is 17.1 Å². The van der Waals surface area contributed by atoms with E-state index in [1.807, 2.05) is 0 Å². The van der Waals surface area contributed by atoms with E-state index >= 15 is 0 Å². The van der Waals surface area contributed by atoms with Gasteiger partial charge in [0.25, 0.3) is 0 Å². The van der Waals surface area contributed by atoms with Crippen LogP contribution < -0.4 is 16.4 Å². The Hall–Kier alpha value is -2.89. The third-order valence-electron chi connectivity index (χ3n) is 3.22. The summed E-state index contributed by atoms with van der Waals surface area (Å²) in [5.41, 5.74) is 6.65. The number of carbonyl (C=O) groups is 2. The fraction of sp³-hybridized carbons (Fsp3) is 0.400. The number of halogens is 12. The van der Waals surface area contributed by atoms with Crippen molar-refractivity contribution in [2.75, 3.05) is 18.8 Å². The third-order valence-corrected chi connectivity index (χ3v) is 3.80. The average molecular weight is 573 g/mol. The molecule has 1 aromatic rings. The first kappa shape index (κ1) is 32.1. The molecule has 1 fully saturated rings. The molecule has 0 saturated carbocycles. The van der Waals surface area contributed by atoms with E-state index in [9.17, 15) is 53.5 Å². The van der Waals surface area contributed by atoms with Gasteiger partial charge in [0.1, 0.15) is 5.69 Å². The highest BCUT2D eigenvalue weighted by Crippen LogP contribution is 2.36. The number of rotatable bonds is 3. The van der Waals surface area contributed by atoms with Crippen molar-refractivity contribution in [1.29, 1.82) is 0 Å². The van der Waals surface area contributed by atoms with Gasteiger partial charge in [-0.1, -0.05) is 23.2 Å². The number of anilines is 1. The molecule has 35 heavy (non-hydrogen) atoms. The molecule has 6 N–H and O–H groups in total. The Morgan fingerprint density at radius 2 is 1.11 bits per heavy atom. The van der Waals surface area contributed by atoms with E-state index in [1.165, 1.54) is 0 Å². The third kappa shape index (κ3) is 9.00. The number of nitrogens with zero attached hydrogens (tertiary/aromatic N) is 1. The van der Waals surface area contributed by atoms with E-state index in [0.717, 1.165) is 13.1 Å². The summed E-state index contributed by atoms with van der Waals surface area (Å²) in [5, 5.41) is 21.6. The van der Waals surface area contributed by atoms with Gasteiger partial charge in [-0.15, -0.1) is 0 Å². The van der Waals surface area contributed by atoms with E-state index < -0.39 is 36.1 Å². The van der Waals surface area contributed by atoms with Gasteiger partial charge in [0, 0.05) is 18.8 Å². The number of nitrogens with two attached hydrogens (primary N) is 1. The molecule has 0 bridgehead atoms. The summed E-state index contributed by atoms with van der Waals surface area (Å²) in [6.45, 7) is 1.70. The lowest BCUT2D eigenvalue weighted by Crippen LogP contribution is -2.43. The largest absolute Gasteiger partial charge is 0.477 e. The molecule has 0 amide bonds. The maximum atomic E-state index is 11.3. The summed E-state index contributed by atoms with van der Waals surface area (Å²) in [6.07, 6.45) is -12.0. The van der Waals surface area contributed by atoms with Crippen LogP contribution in [0.4, 0.5) is 55.3 Å². The van der Waals surface area contributed by atoms with Gasteiger partial charge in [-0.25, -0.2) is 14.6 Å². The second kappa shape index (κ2) is 11.7. The van der Waals surface area contributed by atoms with Crippen LogP contribution in [0.5, 0.6) is 0 Å². The number of guanidine groups is 1. The molecule has 8 nitrogen and oxygen atoms in total. The van der Waals surface area contributed by atoms with E-state index in [4.69, 9.17) is 39.1 Å². The molecule has 1 saturated heterocycles. The molecule has 1 aromatic carbocycles. The van der Waals surface area contributed by atoms with Gasteiger partial charge >= 0.3 is 36.1 Å². The van der Waals surface area contributed by atoms with Gasteiger partial charge in [0.05, 0.1) is 10.0 Å². The number of alkyl halides is 10. The second-order valence-electron chi connectivity index (χ2n) is 5.90. The number of carboxylic acid groups (broad SMARTS) is 2. The molecule has 0 radical (unpaired) electrons. The van der Waals surface area contributed by atoms with Gasteiger partial charge in [0.15, 0.2) is 5.96 Å². The minimum absolute atomic E-state index is 0.447. The van der Waals surface area contributed by atoms with Crippen LogP contribution >= 0.6 is 23.2 Å². The fourth-order valence-corrected chi connectivity index (χ4v) is 2.14. The molecule has 0 atom stereocenters. The monoisotopic (exact) mass is 572 g/mol. The van der Waals surface area contributed by atoms with Crippen molar-refractivity contribution in [3.8, 4) is 0 Å². The summed E-state index contributed by atoms with van der Waals surface area (Å²) >= 11 is 12.0. The van der Waals surface area contributed by atoms with Crippen molar-refractivity contribution >= 4 is 52.5 Å². The molecule has 0 unspecified atom stereocenters. The first-order valence-electron chi connectivity index (χ1n) is 8.22. The Balaban J connectivity index is 0.000000517. The highest BCUT2D eigenvalue weighted by Gasteiger charge is 2.64. The number of nitrogens with one attached hydrogen (secondary N) is 2. The summed E-state index contributed by atoms with van der Waals surface area (Å²) in [7, 11) is 0. The number of carboxylic acids is 2. The summed E-state index contributed by atoms with van der Waals surface area (Å²) in [4.78, 5) is 22.7. The zero-order chi connectivity index (χ0) is 28.0. The Kier molecular flexibility index (Phi) is 10.7. The first-order chi connectivity index (χ1) is 15.6. The lowest BCUT2D eigenvalue weighted by Gasteiger charge is -2.13. The topological polar surface area (TPSA) is 137 Å². The Morgan fingerprint density at radius 1 is 0.800 bits per heavy atom. The predicted octanol–water partition coefficient (Wildman–Crippen LogP) is 4.29. The van der Waals surface area contributed by atoms with Gasteiger partial charge < -0.3 is 26.6 Å². The number of aliphatic carboxylic acids is 2. The molecule has 1 heterocycles. The number of benzene rings is 1. The van der Waals surface area contributed by atoms with Crippen LogP contribution in [0.25, 0.3) is 0 Å². The van der Waals surface area contributed by atoms with Crippen LogP contribution in [0, 0.1) is 0 Å². The minimum atomic E-state index is -6.02. The maximum absolute atomic E-state index is 11.3. The lowest BCUT2D eigenvalue weighted by molar-refractivity contribution is -0.278. The number of aliphatic imine (C=N–C) groups is 1. The standard InChI is InChI=1S/C9H10Cl2N4.2C3HF5O2/c10-6-3-5(12)4-7(11)8(6)15-9-13-1-2-14-9;2*4-2(5,1(9)10)3(6,7)8/h3-4H,1-2,12H2,(H2,13,14,15);2*(H,9,10). The molecular weight excluding hydrogens is 561 g/mol. The molecule has 0 aliphatic carbocycles. The molecule has 1 aliphatic heterocycles. The predicted molar refractivity (Wildman–Crippen MR) is 101 cm³/mol. The van der Waals surface area contributed by atoms with E-state index in [2.05, 4.69) is 15.6 Å². The fourth-order valence-electron chi connectivity index (χ4n) is 1.55. The van der Waals surface area contributed by atoms with Crippen molar-refractivity contribution < 1.29 is 63.7 Å². The van der Waals surface area contributed by atoms with E-state index in [0.29, 0.717) is 27.4 Å². The lowest BCUT2D eigenvalue weighted by atomic mass is 10.3. The second-order valence-corrected chi connectivity index (χ2v) is 6.72. The number of hydrogen-bond acceptors (Lipinski definition) is 4. The quantitative estimate of drug-likeness (QED) is 0.269. The van der Waals surface area contributed by atoms with Gasteiger partial charge in [-0.05, 0) is 12.1 Å². The molecule has 200 valence electrons. The summed E-state index contributed by atoms with van der Waals surface area (Å²) in [6, 6.07) is 3.25. The Bertz CT molecular complexity index is 888. The smallest absolute Gasteiger partial charge is 0.465 e. The van der Waals surface area contributed by atoms with Crippen molar-refractivity contribution in [2.45, 2.75) is 24.2 Å². The molecule has 2 rings (SSSR count). The van der Waals surface area contributed by atoms with Crippen molar-refractivity contribution in [3.63, 3.8) is 0 Å². The highest BCUT2D eigenvalue weighted by atomic mass is 35.5. The van der Waals surface area contributed by atoms with Crippen molar-refractivity contribution in [1.82, 2.24) is 10.6 Å². The Morgan fingerprint density at radius 3 is 1.34 bits per heavy atom. The van der Waals surface area contributed by atoms with Crippen LogP contribution in [-0.2, 0) is 9.59 Å². The summed E-state index contributed by atoms with van der Waals surface area (Å²) < 4.78 is 111. The van der Waals surface area contributed by atoms with Crippen molar-refractivity contribution in [3.05, 3.63) is 22.2 Å². The Labute approximate surface area is 197 Å². The molecule has 0 aromatic heterocycles. The molecule has 1 aliphatic rings. The molecule has 20 heteroatoms. The van der Waals surface area contributed by atoms with Crippen molar-refractivity contribution in [2.24, 2.45) is 4.99 Å². The van der Waals surface area contributed by atoms with Crippen LogP contribution in [0.2, 0.25) is 10.0 Å². The van der Waals surface area contributed by atoms with Gasteiger partial charge in [0.2, 0.25) is 0 Å². The van der Waals surface area contributed by atoms with Crippen LogP contribution in [-0.4, -0.2) is 65.4 Å². The van der Waals surface area contributed by atoms with Crippen LogP contribution in [0.1, 0.15) is 0 Å². The average Bonchev–Trinajstić information content (AvgIpc) is 3.17. The maximum Gasteiger partial charge on any atom is 0.465 e. The zero-order valence-corrected chi connectivity index (χ0v) is 17.9. The number of nitrogen functional groups attached to an aromatic ring is 1. The van der Waals surface area contributed by atoms with E-state index in [-0.39, 0.29) is 0 Å². The summed E-state index contributed by atoms with van der Waals surface area (Å²) in [5.74, 6) is -17.0. The highest BCUT2D eigenvalue weighted by molar-refractivity contribution is 6.39. The van der Waals surface area contributed by atoms with Gasteiger partial charge in [-0.3, -0.25) is 0 Å². The number of hydrogen-bond donors (Lipinski definition) is 5. The minimum Gasteiger partial charge on any atom is -0.477 e. The molecule has 0 spiro atoms. The molecular formula is C15H12Cl2F10N4O4. The van der Waals surface area contributed by atoms with E-state index in [1.54, 1.807) is 12.1 Å². The SMILES string of the molecule is Nc1cc(Cl)c(N=C2NCCN2)c(Cl)c1.O=C(O)C(F)(F)C(F)(F)F.O=C(O)C(F)(F)C(F)(F)F. The zero-order valence-electron chi connectivity index (χ0n) is 16.3. The van der Waals surface area contributed by atoms with Gasteiger partial charge in [-0.2, -0.15) is 43.9 Å². The normalized spacial score (nSPS) is 13.9. The first-order valence-corrected chi connectivity index (χ1v) is 8.98. The van der Waals surface area contributed by atoms with Crippen LogP contribution in [0.3, 0.4) is 0 Å².